The number of ether oxygens (including phenoxy) is 1. The highest BCUT2D eigenvalue weighted by atomic mass is 16.6. The molecule has 19 heavy (non-hydrogen) atoms. The molecule has 0 radical (unpaired) electrons. The van der Waals surface area contributed by atoms with E-state index in [2.05, 4.69) is 10.8 Å². The summed E-state index contributed by atoms with van der Waals surface area (Å²) in [6.07, 6.45) is -0.650. The standard InChI is InChI=1S/C13H18N2O4/c1-3-19-15-12(16)10(2)14-13(17)18-9-11-7-5-4-6-8-11/h4-8,10H,3,9H2,1-2H3,(H,14,17)(H,15,16)/t10-/m0/s1. The lowest BCUT2D eigenvalue weighted by Gasteiger charge is -2.13. The van der Waals surface area contributed by atoms with Crippen LogP contribution >= 0.6 is 0 Å². The summed E-state index contributed by atoms with van der Waals surface area (Å²) in [6.45, 7) is 3.80. The van der Waals surface area contributed by atoms with Gasteiger partial charge in [0.05, 0.1) is 6.61 Å². The molecular weight excluding hydrogens is 248 g/mol. The maximum Gasteiger partial charge on any atom is 0.408 e. The van der Waals surface area contributed by atoms with Gasteiger partial charge in [-0.15, -0.1) is 0 Å². The molecule has 0 heterocycles. The molecule has 6 heteroatoms. The smallest absolute Gasteiger partial charge is 0.408 e. The number of amides is 2. The Balaban J connectivity index is 2.29. The Bertz CT molecular complexity index is 408. The van der Waals surface area contributed by atoms with Crippen LogP contribution in [0, 0.1) is 0 Å². The molecule has 0 aliphatic carbocycles. The second-order valence-corrected chi connectivity index (χ2v) is 3.83. The molecule has 1 rings (SSSR count). The molecule has 0 saturated carbocycles. The quantitative estimate of drug-likeness (QED) is 0.762. The zero-order valence-electron chi connectivity index (χ0n) is 11.0. The van der Waals surface area contributed by atoms with Crippen molar-refractivity contribution in [3.63, 3.8) is 0 Å². The molecule has 0 unspecified atom stereocenters. The third kappa shape index (κ3) is 5.87. The van der Waals surface area contributed by atoms with Gasteiger partial charge in [-0.25, -0.2) is 10.3 Å². The Kier molecular flexibility index (Phi) is 6.38. The summed E-state index contributed by atoms with van der Waals surface area (Å²) in [4.78, 5) is 27.6. The molecule has 0 spiro atoms. The number of hydrogen-bond donors (Lipinski definition) is 2. The average Bonchev–Trinajstić information content (AvgIpc) is 2.43. The molecule has 1 aromatic carbocycles. The second kappa shape index (κ2) is 8.10. The van der Waals surface area contributed by atoms with E-state index in [1.54, 1.807) is 6.92 Å². The fraction of sp³-hybridized carbons (Fsp3) is 0.385. The predicted octanol–water partition coefficient (Wildman–Crippen LogP) is 1.37. The first kappa shape index (κ1) is 15.0. The first-order valence-corrected chi connectivity index (χ1v) is 6.02. The number of alkyl carbamates (subject to hydrolysis) is 1. The van der Waals surface area contributed by atoms with Crippen molar-refractivity contribution in [1.82, 2.24) is 10.8 Å². The van der Waals surface area contributed by atoms with Gasteiger partial charge in [0, 0.05) is 0 Å². The Labute approximate surface area is 112 Å². The highest BCUT2D eigenvalue weighted by molar-refractivity contribution is 5.84. The van der Waals surface area contributed by atoms with Gasteiger partial charge in [0.25, 0.3) is 5.91 Å². The third-order valence-electron chi connectivity index (χ3n) is 2.26. The van der Waals surface area contributed by atoms with Gasteiger partial charge in [0.1, 0.15) is 12.6 Å². The number of benzene rings is 1. The van der Waals surface area contributed by atoms with E-state index >= 15 is 0 Å². The molecule has 0 aromatic heterocycles. The number of hydroxylamine groups is 1. The molecule has 0 fully saturated rings. The van der Waals surface area contributed by atoms with E-state index in [1.165, 1.54) is 6.92 Å². The topological polar surface area (TPSA) is 76.7 Å². The van der Waals surface area contributed by atoms with Crippen LogP contribution in [0.2, 0.25) is 0 Å². The summed E-state index contributed by atoms with van der Waals surface area (Å²) < 4.78 is 4.98. The fourth-order valence-corrected chi connectivity index (χ4v) is 1.24. The van der Waals surface area contributed by atoms with Crippen molar-refractivity contribution in [2.75, 3.05) is 6.61 Å². The lowest BCUT2D eigenvalue weighted by molar-refractivity contribution is -0.134. The second-order valence-electron chi connectivity index (χ2n) is 3.83. The molecule has 0 bridgehead atoms. The molecule has 0 aliphatic heterocycles. The summed E-state index contributed by atoms with van der Waals surface area (Å²) in [5.74, 6) is -0.432. The van der Waals surface area contributed by atoms with Gasteiger partial charge in [-0.1, -0.05) is 30.3 Å². The van der Waals surface area contributed by atoms with Crippen molar-refractivity contribution in [3.8, 4) is 0 Å². The van der Waals surface area contributed by atoms with Crippen molar-refractivity contribution in [2.24, 2.45) is 0 Å². The van der Waals surface area contributed by atoms with Crippen LogP contribution in [-0.4, -0.2) is 24.6 Å². The van der Waals surface area contributed by atoms with Crippen LogP contribution in [0.3, 0.4) is 0 Å². The molecule has 0 saturated heterocycles. The highest BCUT2D eigenvalue weighted by Crippen LogP contribution is 2.00. The van der Waals surface area contributed by atoms with Crippen LogP contribution in [0.1, 0.15) is 19.4 Å². The van der Waals surface area contributed by atoms with E-state index < -0.39 is 18.0 Å². The molecule has 2 amide bonds. The van der Waals surface area contributed by atoms with Gasteiger partial charge in [-0.2, -0.15) is 0 Å². The Morgan fingerprint density at radius 1 is 1.26 bits per heavy atom. The van der Waals surface area contributed by atoms with Crippen molar-refractivity contribution in [1.29, 1.82) is 0 Å². The number of carbonyl (C=O) groups is 2. The highest BCUT2D eigenvalue weighted by Gasteiger charge is 2.16. The van der Waals surface area contributed by atoms with Crippen molar-refractivity contribution in [3.05, 3.63) is 35.9 Å². The number of nitrogens with one attached hydrogen (secondary N) is 2. The fourth-order valence-electron chi connectivity index (χ4n) is 1.24. The largest absolute Gasteiger partial charge is 0.445 e. The number of carbonyl (C=O) groups excluding carboxylic acids is 2. The minimum atomic E-state index is -0.727. The summed E-state index contributed by atoms with van der Waals surface area (Å²) in [6, 6.07) is 8.55. The maximum atomic E-state index is 11.5. The van der Waals surface area contributed by atoms with Gasteiger partial charge in [-0.05, 0) is 19.4 Å². The van der Waals surface area contributed by atoms with Crippen LogP contribution in [0.4, 0.5) is 4.79 Å². The van der Waals surface area contributed by atoms with Crippen molar-refractivity contribution < 1.29 is 19.2 Å². The van der Waals surface area contributed by atoms with Crippen LogP contribution in [0.15, 0.2) is 30.3 Å². The van der Waals surface area contributed by atoms with Gasteiger partial charge in [-0.3, -0.25) is 9.63 Å². The summed E-state index contributed by atoms with van der Waals surface area (Å²) in [5, 5.41) is 2.41. The van der Waals surface area contributed by atoms with Crippen LogP contribution in [-0.2, 0) is 21.0 Å². The van der Waals surface area contributed by atoms with E-state index in [4.69, 9.17) is 9.57 Å². The first-order chi connectivity index (χ1) is 9.13. The van der Waals surface area contributed by atoms with Crippen molar-refractivity contribution in [2.45, 2.75) is 26.5 Å². The summed E-state index contributed by atoms with van der Waals surface area (Å²) in [5.41, 5.74) is 3.08. The van der Waals surface area contributed by atoms with E-state index in [-0.39, 0.29) is 6.61 Å². The molecule has 1 aromatic rings. The molecule has 104 valence electrons. The lowest BCUT2D eigenvalue weighted by atomic mass is 10.2. The Morgan fingerprint density at radius 2 is 1.95 bits per heavy atom. The lowest BCUT2D eigenvalue weighted by Crippen LogP contribution is -2.44. The molecule has 1 atom stereocenters. The zero-order chi connectivity index (χ0) is 14.1. The van der Waals surface area contributed by atoms with E-state index in [0.29, 0.717) is 6.61 Å². The molecule has 2 N–H and O–H groups in total. The van der Waals surface area contributed by atoms with Crippen LogP contribution in [0.5, 0.6) is 0 Å². The van der Waals surface area contributed by atoms with Crippen molar-refractivity contribution >= 4 is 12.0 Å². The number of hydrogen-bond acceptors (Lipinski definition) is 4. The van der Waals surface area contributed by atoms with E-state index in [0.717, 1.165) is 5.56 Å². The zero-order valence-corrected chi connectivity index (χ0v) is 11.0. The predicted molar refractivity (Wildman–Crippen MR) is 69.0 cm³/mol. The van der Waals surface area contributed by atoms with Gasteiger partial charge < -0.3 is 10.1 Å². The van der Waals surface area contributed by atoms with Gasteiger partial charge in [0.15, 0.2) is 0 Å². The van der Waals surface area contributed by atoms with E-state index in [1.807, 2.05) is 30.3 Å². The maximum absolute atomic E-state index is 11.5. The van der Waals surface area contributed by atoms with Gasteiger partial charge >= 0.3 is 6.09 Å². The molecular formula is C13H18N2O4. The van der Waals surface area contributed by atoms with E-state index in [9.17, 15) is 9.59 Å². The normalized spacial score (nSPS) is 11.5. The molecule has 6 nitrogen and oxygen atoms in total. The SMILES string of the molecule is CCONC(=O)[C@H](C)NC(=O)OCc1ccccc1. The van der Waals surface area contributed by atoms with Crippen LogP contribution in [0.25, 0.3) is 0 Å². The van der Waals surface area contributed by atoms with Gasteiger partial charge in [0.2, 0.25) is 0 Å². The Hall–Kier alpha value is -2.08. The minimum Gasteiger partial charge on any atom is -0.445 e. The number of rotatable bonds is 6. The Morgan fingerprint density at radius 3 is 2.58 bits per heavy atom. The average molecular weight is 266 g/mol. The third-order valence-corrected chi connectivity index (χ3v) is 2.26. The minimum absolute atomic E-state index is 0.159. The monoisotopic (exact) mass is 266 g/mol. The first-order valence-electron chi connectivity index (χ1n) is 6.02. The molecule has 0 aliphatic rings. The summed E-state index contributed by atoms with van der Waals surface area (Å²) in [7, 11) is 0. The van der Waals surface area contributed by atoms with Crippen LogP contribution < -0.4 is 10.8 Å². The summed E-state index contributed by atoms with van der Waals surface area (Å²) >= 11 is 0.